The van der Waals surface area contributed by atoms with Gasteiger partial charge < -0.3 is 9.84 Å². The molecule has 1 aromatic rings. The first-order valence-electron chi connectivity index (χ1n) is 5.27. The van der Waals surface area contributed by atoms with Gasteiger partial charge in [-0.3, -0.25) is 0 Å². The van der Waals surface area contributed by atoms with Gasteiger partial charge >= 0.3 is 0 Å². The number of aliphatic hydroxyl groups is 1. The van der Waals surface area contributed by atoms with Gasteiger partial charge in [-0.25, -0.2) is 0 Å². The Balaban J connectivity index is 2.47. The molecule has 1 rings (SSSR count). The van der Waals surface area contributed by atoms with Crippen molar-refractivity contribution in [3.05, 3.63) is 29.8 Å². The Kier molecular flexibility index (Phi) is 6.55. The monoisotopic (exact) mass is 236 g/mol. The molecule has 16 heavy (non-hydrogen) atoms. The first-order valence-corrected chi connectivity index (χ1v) is 6.42. The predicted octanol–water partition coefficient (Wildman–Crippen LogP) is 2.16. The van der Waals surface area contributed by atoms with Crippen molar-refractivity contribution >= 4 is 11.8 Å². The molecular formula is C13H16O2S. The molecule has 0 saturated carbocycles. The quantitative estimate of drug-likeness (QED) is 0.627. The largest absolute Gasteiger partial charge is 0.493 e. The van der Waals surface area contributed by atoms with Crippen molar-refractivity contribution in [3.8, 4) is 17.6 Å². The van der Waals surface area contributed by atoms with E-state index in [4.69, 9.17) is 9.84 Å². The normalized spacial score (nSPS) is 9.38. The van der Waals surface area contributed by atoms with Crippen molar-refractivity contribution in [3.63, 3.8) is 0 Å². The van der Waals surface area contributed by atoms with Crippen molar-refractivity contribution in [1.29, 1.82) is 0 Å². The highest BCUT2D eigenvalue weighted by molar-refractivity contribution is 7.99. The van der Waals surface area contributed by atoms with E-state index in [9.17, 15) is 0 Å². The molecule has 0 spiro atoms. The van der Waals surface area contributed by atoms with Gasteiger partial charge in [-0.1, -0.05) is 24.8 Å². The van der Waals surface area contributed by atoms with Gasteiger partial charge in [0, 0.05) is 11.3 Å². The fourth-order valence-electron chi connectivity index (χ4n) is 1.17. The second-order valence-electron chi connectivity index (χ2n) is 3.03. The second kappa shape index (κ2) is 8.09. The first-order chi connectivity index (χ1) is 7.86. The van der Waals surface area contributed by atoms with Crippen LogP contribution in [0.1, 0.15) is 12.5 Å². The lowest BCUT2D eigenvalue weighted by molar-refractivity contribution is 0.344. The van der Waals surface area contributed by atoms with Crippen molar-refractivity contribution in [1.82, 2.24) is 0 Å². The zero-order valence-corrected chi connectivity index (χ0v) is 10.2. The van der Waals surface area contributed by atoms with E-state index in [2.05, 4.69) is 18.8 Å². The van der Waals surface area contributed by atoms with Gasteiger partial charge in [0.15, 0.2) is 0 Å². The lowest BCUT2D eigenvalue weighted by atomic mass is 10.2. The van der Waals surface area contributed by atoms with Crippen molar-refractivity contribution in [2.75, 3.05) is 24.7 Å². The predicted molar refractivity (Wildman–Crippen MR) is 68.9 cm³/mol. The summed E-state index contributed by atoms with van der Waals surface area (Å²) < 4.78 is 5.58. The standard InChI is InChI=1S/C13H16O2S/c1-2-16-10-9-15-13-7-3-5-12(11-13)6-4-8-14/h3,5,7,11,14H,2,8-10H2,1H3. The summed E-state index contributed by atoms with van der Waals surface area (Å²) >= 11 is 1.86. The van der Waals surface area contributed by atoms with Crippen LogP contribution in [0.25, 0.3) is 0 Å². The fourth-order valence-corrected chi connectivity index (χ4v) is 1.66. The Hall–Kier alpha value is -1.11. The molecule has 0 amide bonds. The van der Waals surface area contributed by atoms with Crippen LogP contribution in [-0.4, -0.2) is 29.8 Å². The maximum atomic E-state index is 8.59. The van der Waals surface area contributed by atoms with E-state index in [1.54, 1.807) is 0 Å². The molecule has 0 aromatic heterocycles. The number of ether oxygens (including phenoxy) is 1. The smallest absolute Gasteiger partial charge is 0.120 e. The molecule has 0 aliphatic heterocycles. The lowest BCUT2D eigenvalue weighted by Gasteiger charge is -2.05. The molecule has 0 radical (unpaired) electrons. The third-order valence-corrected chi connectivity index (χ3v) is 2.71. The molecule has 0 heterocycles. The summed E-state index contributed by atoms with van der Waals surface area (Å²) in [6.45, 7) is 2.74. The molecule has 0 saturated heterocycles. The average molecular weight is 236 g/mol. The number of thioether (sulfide) groups is 1. The van der Waals surface area contributed by atoms with Gasteiger partial charge in [-0.05, 0) is 24.0 Å². The Morgan fingerprint density at radius 1 is 1.44 bits per heavy atom. The van der Waals surface area contributed by atoms with E-state index in [-0.39, 0.29) is 6.61 Å². The molecule has 0 bridgehead atoms. The van der Waals surface area contributed by atoms with Crippen LogP contribution < -0.4 is 4.74 Å². The van der Waals surface area contributed by atoms with Crippen LogP contribution in [0.3, 0.4) is 0 Å². The molecule has 0 aliphatic carbocycles. The molecule has 0 atom stereocenters. The molecule has 0 fully saturated rings. The number of hydrogen-bond acceptors (Lipinski definition) is 3. The van der Waals surface area contributed by atoms with Crippen molar-refractivity contribution in [2.45, 2.75) is 6.92 Å². The van der Waals surface area contributed by atoms with Crippen molar-refractivity contribution in [2.24, 2.45) is 0 Å². The van der Waals surface area contributed by atoms with E-state index in [0.717, 1.165) is 29.4 Å². The third-order valence-electron chi connectivity index (χ3n) is 1.85. The van der Waals surface area contributed by atoms with Gasteiger partial charge in [0.25, 0.3) is 0 Å². The van der Waals surface area contributed by atoms with Crippen LogP contribution in [0.4, 0.5) is 0 Å². The van der Waals surface area contributed by atoms with E-state index in [0.29, 0.717) is 0 Å². The Morgan fingerprint density at radius 2 is 2.31 bits per heavy atom. The highest BCUT2D eigenvalue weighted by atomic mass is 32.2. The lowest BCUT2D eigenvalue weighted by Crippen LogP contribution is -2.00. The summed E-state index contributed by atoms with van der Waals surface area (Å²) in [5, 5.41) is 8.59. The maximum absolute atomic E-state index is 8.59. The van der Waals surface area contributed by atoms with Gasteiger partial charge in [0.2, 0.25) is 0 Å². The van der Waals surface area contributed by atoms with Crippen LogP contribution in [0, 0.1) is 11.8 Å². The zero-order valence-electron chi connectivity index (χ0n) is 9.40. The number of rotatable bonds is 5. The maximum Gasteiger partial charge on any atom is 0.120 e. The SMILES string of the molecule is CCSCCOc1cccc(C#CCO)c1. The molecule has 3 heteroatoms. The van der Waals surface area contributed by atoms with Crippen LogP contribution in [0.2, 0.25) is 0 Å². The third kappa shape index (κ3) is 5.11. The molecule has 2 nitrogen and oxygen atoms in total. The summed E-state index contributed by atoms with van der Waals surface area (Å²) in [5.74, 6) is 8.42. The van der Waals surface area contributed by atoms with E-state index in [1.165, 1.54) is 0 Å². The Labute approximate surface area is 101 Å². The van der Waals surface area contributed by atoms with Crippen LogP contribution in [0.5, 0.6) is 5.75 Å². The summed E-state index contributed by atoms with van der Waals surface area (Å²) in [5.41, 5.74) is 0.870. The van der Waals surface area contributed by atoms with Crippen molar-refractivity contribution < 1.29 is 9.84 Å². The highest BCUT2D eigenvalue weighted by Gasteiger charge is 1.94. The Morgan fingerprint density at radius 3 is 3.06 bits per heavy atom. The minimum Gasteiger partial charge on any atom is -0.493 e. The van der Waals surface area contributed by atoms with E-state index < -0.39 is 0 Å². The van der Waals surface area contributed by atoms with Crippen LogP contribution in [0.15, 0.2) is 24.3 Å². The average Bonchev–Trinajstić information content (AvgIpc) is 2.33. The molecule has 0 unspecified atom stereocenters. The van der Waals surface area contributed by atoms with Crippen LogP contribution in [-0.2, 0) is 0 Å². The summed E-state index contributed by atoms with van der Waals surface area (Å²) in [7, 11) is 0. The molecule has 1 aromatic carbocycles. The summed E-state index contributed by atoms with van der Waals surface area (Å²) in [6, 6.07) is 7.61. The molecule has 1 N–H and O–H groups in total. The minimum atomic E-state index is -0.113. The van der Waals surface area contributed by atoms with Gasteiger partial charge in [0.05, 0.1) is 6.61 Å². The van der Waals surface area contributed by atoms with Gasteiger partial charge in [-0.2, -0.15) is 11.8 Å². The Bertz CT molecular complexity index is 366. The molecule has 0 aliphatic rings. The highest BCUT2D eigenvalue weighted by Crippen LogP contribution is 2.13. The minimum absolute atomic E-state index is 0.113. The fraction of sp³-hybridized carbons (Fsp3) is 0.385. The van der Waals surface area contributed by atoms with Gasteiger partial charge in [0.1, 0.15) is 12.4 Å². The van der Waals surface area contributed by atoms with Gasteiger partial charge in [-0.15, -0.1) is 0 Å². The van der Waals surface area contributed by atoms with E-state index >= 15 is 0 Å². The zero-order chi connectivity index (χ0) is 11.6. The first kappa shape index (κ1) is 13.0. The molecule has 86 valence electrons. The van der Waals surface area contributed by atoms with Crippen LogP contribution >= 0.6 is 11.8 Å². The van der Waals surface area contributed by atoms with E-state index in [1.807, 2.05) is 36.0 Å². The number of aliphatic hydroxyl groups excluding tert-OH is 1. The summed E-state index contributed by atoms with van der Waals surface area (Å²) in [4.78, 5) is 0. The summed E-state index contributed by atoms with van der Waals surface area (Å²) in [6.07, 6.45) is 0. The topological polar surface area (TPSA) is 29.5 Å². The second-order valence-corrected chi connectivity index (χ2v) is 4.43. The number of hydrogen-bond donors (Lipinski definition) is 1. The number of benzene rings is 1. The molecular weight excluding hydrogens is 220 g/mol.